The minimum atomic E-state index is 0.0294. The largest absolute Gasteiger partial charge is 0.395 e. The zero-order valence-corrected chi connectivity index (χ0v) is 10.5. The summed E-state index contributed by atoms with van der Waals surface area (Å²) in [6.07, 6.45) is 5.28. The number of hydrogen-bond donors (Lipinski definition) is 2. The molecule has 1 aliphatic heterocycles. The molecule has 3 nitrogen and oxygen atoms in total. The molecular weight excluding hydrogens is 230 g/mol. The first-order valence-electron chi connectivity index (χ1n) is 5.48. The number of carbonyl (C=O) groups is 1. The van der Waals surface area contributed by atoms with Crippen LogP contribution in [0.3, 0.4) is 0 Å². The highest BCUT2D eigenvalue weighted by molar-refractivity contribution is 8.77. The van der Waals surface area contributed by atoms with Crippen LogP contribution in [0.15, 0.2) is 0 Å². The fourth-order valence-corrected chi connectivity index (χ4v) is 4.53. The van der Waals surface area contributed by atoms with Gasteiger partial charge in [0.25, 0.3) is 0 Å². The van der Waals surface area contributed by atoms with Crippen molar-refractivity contribution in [3.63, 3.8) is 0 Å². The van der Waals surface area contributed by atoms with E-state index in [4.69, 9.17) is 5.11 Å². The van der Waals surface area contributed by atoms with Crippen LogP contribution in [0.4, 0.5) is 0 Å². The van der Waals surface area contributed by atoms with Gasteiger partial charge in [0.1, 0.15) is 0 Å². The number of carbonyl (C=O) groups excluding carboxylic acids is 1. The van der Waals surface area contributed by atoms with Crippen LogP contribution < -0.4 is 5.32 Å². The molecule has 1 amide bonds. The van der Waals surface area contributed by atoms with E-state index in [2.05, 4.69) is 5.32 Å². The quantitative estimate of drug-likeness (QED) is 0.534. The molecular formula is C10H19NO2S2. The van der Waals surface area contributed by atoms with Gasteiger partial charge in [-0.2, -0.15) is 0 Å². The Labute approximate surface area is 99.2 Å². The molecule has 1 fully saturated rings. The van der Waals surface area contributed by atoms with Gasteiger partial charge in [-0.05, 0) is 19.3 Å². The number of nitrogens with one attached hydrogen (secondary N) is 1. The highest BCUT2D eigenvalue weighted by Gasteiger charge is 2.15. The van der Waals surface area contributed by atoms with Gasteiger partial charge in [-0.25, -0.2) is 0 Å². The smallest absolute Gasteiger partial charge is 0.220 e. The second kappa shape index (κ2) is 8.30. The van der Waals surface area contributed by atoms with Gasteiger partial charge in [0.15, 0.2) is 0 Å². The summed E-state index contributed by atoms with van der Waals surface area (Å²) in [6.45, 7) is 0.412. The molecule has 0 bridgehead atoms. The maximum absolute atomic E-state index is 11.2. The predicted molar refractivity (Wildman–Crippen MR) is 67.0 cm³/mol. The van der Waals surface area contributed by atoms with Gasteiger partial charge in [-0.3, -0.25) is 4.79 Å². The van der Waals surface area contributed by atoms with Crippen molar-refractivity contribution in [1.29, 1.82) is 0 Å². The van der Waals surface area contributed by atoms with Crippen LogP contribution in [0.1, 0.15) is 32.1 Å². The van der Waals surface area contributed by atoms with E-state index in [-0.39, 0.29) is 12.5 Å². The summed E-state index contributed by atoms with van der Waals surface area (Å²) in [5, 5.41) is 12.0. The molecule has 0 spiro atoms. The SMILES string of the molecule is O=C(CCCC[C@@H]1CCSS1)NCCO. The van der Waals surface area contributed by atoms with Gasteiger partial charge in [0.05, 0.1) is 6.61 Å². The molecule has 88 valence electrons. The Balaban J connectivity index is 1.89. The Morgan fingerprint density at radius 1 is 1.47 bits per heavy atom. The zero-order chi connectivity index (χ0) is 10.9. The molecule has 1 aliphatic rings. The van der Waals surface area contributed by atoms with E-state index in [9.17, 15) is 4.79 Å². The normalized spacial score (nSPS) is 20.5. The predicted octanol–water partition coefficient (Wildman–Crippen LogP) is 1.81. The summed E-state index contributed by atoms with van der Waals surface area (Å²) >= 11 is 0. The number of amides is 1. The second-order valence-electron chi connectivity index (χ2n) is 3.65. The van der Waals surface area contributed by atoms with E-state index in [0.29, 0.717) is 13.0 Å². The Hall–Kier alpha value is 0.130. The van der Waals surface area contributed by atoms with Crippen molar-refractivity contribution in [3.05, 3.63) is 0 Å². The van der Waals surface area contributed by atoms with Gasteiger partial charge in [0.2, 0.25) is 5.91 Å². The van der Waals surface area contributed by atoms with E-state index in [1.54, 1.807) is 0 Å². The lowest BCUT2D eigenvalue weighted by molar-refractivity contribution is -0.121. The Morgan fingerprint density at radius 2 is 2.33 bits per heavy atom. The van der Waals surface area contributed by atoms with E-state index in [0.717, 1.165) is 18.1 Å². The summed E-state index contributed by atoms with van der Waals surface area (Å²) in [5.41, 5.74) is 0. The average molecular weight is 249 g/mol. The van der Waals surface area contributed by atoms with Crippen molar-refractivity contribution in [2.75, 3.05) is 18.9 Å². The number of aliphatic hydroxyl groups excluding tert-OH is 1. The standard InChI is InChI=1S/C10H19NO2S2/c12-7-6-11-10(13)4-2-1-3-9-5-8-14-15-9/h9,12H,1-8H2,(H,11,13)/t9-/m1/s1. The van der Waals surface area contributed by atoms with Crippen LogP contribution in [-0.2, 0) is 4.79 Å². The van der Waals surface area contributed by atoms with Crippen LogP contribution in [0, 0.1) is 0 Å². The third kappa shape index (κ3) is 6.33. The topological polar surface area (TPSA) is 49.3 Å². The maximum Gasteiger partial charge on any atom is 0.220 e. The van der Waals surface area contributed by atoms with Crippen LogP contribution in [-0.4, -0.2) is 35.2 Å². The Kier molecular flexibility index (Phi) is 7.30. The van der Waals surface area contributed by atoms with Crippen LogP contribution in [0.2, 0.25) is 0 Å². The molecule has 2 N–H and O–H groups in total. The number of unbranched alkanes of at least 4 members (excludes halogenated alkanes) is 1. The van der Waals surface area contributed by atoms with Crippen molar-refractivity contribution in [2.24, 2.45) is 0 Å². The molecule has 0 aromatic carbocycles. The van der Waals surface area contributed by atoms with Crippen molar-refractivity contribution in [1.82, 2.24) is 5.32 Å². The van der Waals surface area contributed by atoms with Gasteiger partial charge in [0, 0.05) is 24.0 Å². The first kappa shape index (κ1) is 13.2. The molecule has 0 aromatic heterocycles. The molecule has 0 radical (unpaired) electrons. The molecule has 1 heterocycles. The van der Waals surface area contributed by atoms with E-state index >= 15 is 0 Å². The van der Waals surface area contributed by atoms with Gasteiger partial charge < -0.3 is 10.4 Å². The summed E-state index contributed by atoms with van der Waals surface area (Å²) in [4.78, 5) is 11.2. The third-order valence-electron chi connectivity index (χ3n) is 2.34. The molecule has 1 atom stereocenters. The van der Waals surface area contributed by atoms with E-state index in [1.807, 2.05) is 21.6 Å². The number of rotatable bonds is 7. The van der Waals surface area contributed by atoms with Crippen LogP contribution in [0.25, 0.3) is 0 Å². The number of aliphatic hydroxyl groups is 1. The average Bonchev–Trinajstić information content (AvgIpc) is 2.74. The van der Waals surface area contributed by atoms with Gasteiger partial charge >= 0.3 is 0 Å². The minimum Gasteiger partial charge on any atom is -0.395 e. The Morgan fingerprint density at radius 3 is 3.00 bits per heavy atom. The van der Waals surface area contributed by atoms with Crippen molar-refractivity contribution < 1.29 is 9.90 Å². The lowest BCUT2D eigenvalue weighted by Gasteiger charge is -2.06. The molecule has 1 rings (SSSR count). The third-order valence-corrected chi connectivity index (χ3v) is 5.35. The van der Waals surface area contributed by atoms with Crippen LogP contribution in [0.5, 0.6) is 0 Å². The minimum absolute atomic E-state index is 0.0294. The molecule has 0 aliphatic carbocycles. The molecule has 0 saturated carbocycles. The summed E-state index contributed by atoms with van der Waals surface area (Å²) in [6, 6.07) is 0. The lowest BCUT2D eigenvalue weighted by Crippen LogP contribution is -2.25. The molecule has 0 unspecified atom stereocenters. The fourth-order valence-electron chi connectivity index (χ4n) is 1.51. The van der Waals surface area contributed by atoms with Crippen LogP contribution >= 0.6 is 21.6 Å². The molecule has 15 heavy (non-hydrogen) atoms. The summed E-state index contributed by atoms with van der Waals surface area (Å²) in [5.74, 6) is 1.35. The first-order chi connectivity index (χ1) is 7.33. The highest BCUT2D eigenvalue weighted by atomic mass is 33.1. The molecule has 1 saturated heterocycles. The summed E-state index contributed by atoms with van der Waals surface area (Å²) < 4.78 is 0. The van der Waals surface area contributed by atoms with E-state index < -0.39 is 0 Å². The van der Waals surface area contributed by atoms with Crippen molar-refractivity contribution in [3.8, 4) is 0 Å². The number of hydrogen-bond acceptors (Lipinski definition) is 4. The lowest BCUT2D eigenvalue weighted by atomic mass is 10.1. The zero-order valence-electron chi connectivity index (χ0n) is 8.91. The Bertz CT molecular complexity index is 184. The maximum atomic E-state index is 11.2. The molecule has 5 heteroatoms. The second-order valence-corrected chi connectivity index (χ2v) is 6.44. The van der Waals surface area contributed by atoms with Gasteiger partial charge in [-0.15, -0.1) is 0 Å². The summed E-state index contributed by atoms with van der Waals surface area (Å²) in [7, 11) is 3.97. The fraction of sp³-hybridized carbons (Fsp3) is 0.900. The molecule has 0 aromatic rings. The monoisotopic (exact) mass is 249 g/mol. The van der Waals surface area contributed by atoms with E-state index in [1.165, 1.54) is 18.6 Å². The highest BCUT2D eigenvalue weighted by Crippen LogP contribution is 2.39. The van der Waals surface area contributed by atoms with Gasteiger partial charge in [-0.1, -0.05) is 28.0 Å². The van der Waals surface area contributed by atoms with Crippen molar-refractivity contribution in [2.45, 2.75) is 37.4 Å². The first-order valence-corrected chi connectivity index (χ1v) is 7.87. The van der Waals surface area contributed by atoms with Crippen molar-refractivity contribution >= 4 is 27.5 Å².